The van der Waals surface area contributed by atoms with E-state index in [4.69, 9.17) is 5.11 Å². The number of halogens is 3. The van der Waals surface area contributed by atoms with Gasteiger partial charge in [0.05, 0.1) is 6.42 Å². The van der Waals surface area contributed by atoms with Crippen molar-refractivity contribution in [3.8, 4) is 0 Å². The molecule has 0 atom stereocenters. The Balaban J connectivity index is 4.37. The number of hydrogen-bond donors (Lipinski definition) is 2. The van der Waals surface area contributed by atoms with E-state index in [-0.39, 0.29) is 0 Å². The average molecular weight is 213 g/mol. The number of carbonyl (C=O) groups is 2. The molecule has 0 rings (SSSR count). The fourth-order valence-electron chi connectivity index (χ4n) is 0.800. The second-order valence-electron chi connectivity index (χ2n) is 3.41. The Bertz CT molecular complexity index is 247. The lowest BCUT2D eigenvalue weighted by Crippen LogP contribution is -2.50. The van der Waals surface area contributed by atoms with Crippen LogP contribution in [0.3, 0.4) is 0 Å². The number of rotatable bonds is 3. The van der Waals surface area contributed by atoms with Crippen LogP contribution in [0.1, 0.15) is 20.3 Å². The number of carboxylic acids is 1. The first-order valence-electron chi connectivity index (χ1n) is 3.66. The van der Waals surface area contributed by atoms with Crippen molar-refractivity contribution in [2.75, 3.05) is 0 Å². The number of nitrogens with one attached hydrogen (secondary N) is 1. The molecule has 0 aliphatic rings. The van der Waals surface area contributed by atoms with Crippen LogP contribution >= 0.6 is 0 Å². The maximum atomic E-state index is 11.8. The van der Waals surface area contributed by atoms with Crippen LogP contribution in [0.4, 0.5) is 13.2 Å². The molecule has 0 aromatic rings. The summed E-state index contributed by atoms with van der Waals surface area (Å²) < 4.78 is 35.3. The van der Waals surface area contributed by atoms with E-state index in [1.807, 2.05) is 0 Å². The molecule has 0 fully saturated rings. The van der Waals surface area contributed by atoms with Crippen molar-refractivity contribution < 1.29 is 27.9 Å². The zero-order valence-electron chi connectivity index (χ0n) is 7.60. The highest BCUT2D eigenvalue weighted by Crippen LogP contribution is 2.17. The van der Waals surface area contributed by atoms with Crippen molar-refractivity contribution >= 4 is 11.9 Å². The Kier molecular flexibility index (Phi) is 3.50. The molecule has 1 amide bonds. The lowest BCUT2D eigenvalue weighted by molar-refractivity contribution is -0.175. The predicted molar refractivity (Wildman–Crippen MR) is 40.5 cm³/mol. The number of carboxylic acid groups (broad SMARTS) is 1. The minimum Gasteiger partial charge on any atom is -0.481 e. The normalized spacial score (nSPS) is 12.4. The Morgan fingerprint density at radius 3 is 2.00 bits per heavy atom. The Morgan fingerprint density at radius 2 is 1.71 bits per heavy atom. The molecule has 82 valence electrons. The van der Waals surface area contributed by atoms with Crippen LogP contribution in [0.5, 0.6) is 0 Å². The number of aliphatic carboxylic acids is 1. The first-order chi connectivity index (χ1) is 6.04. The van der Waals surface area contributed by atoms with E-state index in [9.17, 15) is 22.8 Å². The van der Waals surface area contributed by atoms with Crippen molar-refractivity contribution in [1.29, 1.82) is 0 Å². The summed E-state index contributed by atoms with van der Waals surface area (Å²) in [6.07, 6.45) is -5.56. The molecule has 0 bridgehead atoms. The van der Waals surface area contributed by atoms with Crippen LogP contribution in [0.2, 0.25) is 0 Å². The van der Waals surface area contributed by atoms with E-state index in [0.29, 0.717) is 0 Å². The zero-order valence-corrected chi connectivity index (χ0v) is 7.60. The molecule has 0 aromatic carbocycles. The molecule has 0 saturated heterocycles. The molecule has 0 radical (unpaired) electrons. The second kappa shape index (κ2) is 3.85. The number of carbonyl (C=O) groups excluding carboxylic acids is 1. The SMILES string of the molecule is CC(C)(CC(=O)O)NC(=O)C(F)(F)F. The van der Waals surface area contributed by atoms with Gasteiger partial charge in [0.2, 0.25) is 0 Å². The maximum Gasteiger partial charge on any atom is 0.471 e. The molecule has 2 N–H and O–H groups in total. The minimum absolute atomic E-state index is 0.575. The summed E-state index contributed by atoms with van der Waals surface area (Å²) in [5, 5.41) is 9.92. The molecule has 4 nitrogen and oxygen atoms in total. The van der Waals surface area contributed by atoms with Gasteiger partial charge in [-0.3, -0.25) is 9.59 Å². The Hall–Kier alpha value is -1.27. The van der Waals surface area contributed by atoms with Crippen LogP contribution in [0, 0.1) is 0 Å². The molecular formula is C7H10F3NO3. The van der Waals surface area contributed by atoms with Crippen molar-refractivity contribution in [2.45, 2.75) is 32.0 Å². The van der Waals surface area contributed by atoms with Crippen LogP contribution in [0.15, 0.2) is 0 Å². The van der Waals surface area contributed by atoms with Gasteiger partial charge in [-0.2, -0.15) is 13.2 Å². The third-order valence-electron chi connectivity index (χ3n) is 1.30. The third-order valence-corrected chi connectivity index (χ3v) is 1.30. The molecule has 0 saturated carbocycles. The summed E-state index contributed by atoms with van der Waals surface area (Å²) in [7, 11) is 0. The highest BCUT2D eigenvalue weighted by atomic mass is 19.4. The molecule has 14 heavy (non-hydrogen) atoms. The van der Waals surface area contributed by atoms with Gasteiger partial charge in [0.15, 0.2) is 0 Å². The Labute approximate surface area is 78.1 Å². The van der Waals surface area contributed by atoms with Gasteiger partial charge in [-0.25, -0.2) is 0 Å². The van der Waals surface area contributed by atoms with Gasteiger partial charge < -0.3 is 10.4 Å². The molecule has 0 aliphatic carbocycles. The molecule has 0 aromatic heterocycles. The van der Waals surface area contributed by atoms with E-state index in [0.717, 1.165) is 0 Å². The van der Waals surface area contributed by atoms with Gasteiger partial charge in [-0.05, 0) is 13.8 Å². The zero-order chi connectivity index (χ0) is 11.6. The molecule has 7 heteroatoms. The second-order valence-corrected chi connectivity index (χ2v) is 3.41. The minimum atomic E-state index is -4.99. The lowest BCUT2D eigenvalue weighted by atomic mass is 10.0. The van der Waals surface area contributed by atoms with Crippen molar-refractivity contribution in [3.63, 3.8) is 0 Å². The summed E-state index contributed by atoms with van der Waals surface area (Å²) in [5.74, 6) is -3.42. The number of hydrogen-bond acceptors (Lipinski definition) is 2. The standard InChI is InChI=1S/C7H10F3NO3/c1-6(2,3-4(12)13)11-5(14)7(8,9)10/h3H2,1-2H3,(H,11,14)(H,12,13). The van der Waals surface area contributed by atoms with E-state index < -0.39 is 30.0 Å². The van der Waals surface area contributed by atoms with Gasteiger partial charge in [0, 0.05) is 5.54 Å². The average Bonchev–Trinajstić information content (AvgIpc) is 1.79. The summed E-state index contributed by atoms with van der Waals surface area (Å²) in [4.78, 5) is 20.6. The molecule has 0 aliphatic heterocycles. The van der Waals surface area contributed by atoms with Crippen molar-refractivity contribution in [2.24, 2.45) is 0 Å². The predicted octanol–water partition coefficient (Wildman–Crippen LogP) is 0.918. The fraction of sp³-hybridized carbons (Fsp3) is 0.714. The monoisotopic (exact) mass is 213 g/mol. The summed E-state index contributed by atoms with van der Waals surface area (Å²) in [6.45, 7) is 2.40. The van der Waals surface area contributed by atoms with Gasteiger partial charge in [0.1, 0.15) is 0 Å². The van der Waals surface area contributed by atoms with Crippen molar-refractivity contribution in [3.05, 3.63) is 0 Å². The maximum absolute atomic E-state index is 11.8. The molecule has 0 unspecified atom stereocenters. The molecule has 0 heterocycles. The van der Waals surface area contributed by atoms with E-state index in [1.54, 1.807) is 5.32 Å². The Morgan fingerprint density at radius 1 is 1.29 bits per heavy atom. The smallest absolute Gasteiger partial charge is 0.471 e. The van der Waals surface area contributed by atoms with Crippen LogP contribution in [0.25, 0.3) is 0 Å². The topological polar surface area (TPSA) is 66.4 Å². The van der Waals surface area contributed by atoms with E-state index in [2.05, 4.69) is 0 Å². The van der Waals surface area contributed by atoms with E-state index in [1.165, 1.54) is 13.8 Å². The van der Waals surface area contributed by atoms with Gasteiger partial charge in [-0.1, -0.05) is 0 Å². The molecule has 0 spiro atoms. The quantitative estimate of drug-likeness (QED) is 0.732. The summed E-state index contributed by atoms with van der Waals surface area (Å²) in [6, 6.07) is 0. The van der Waals surface area contributed by atoms with Gasteiger partial charge >= 0.3 is 18.1 Å². The number of amides is 1. The van der Waals surface area contributed by atoms with E-state index >= 15 is 0 Å². The first kappa shape index (κ1) is 12.7. The highest BCUT2D eigenvalue weighted by molar-refractivity contribution is 5.83. The first-order valence-corrected chi connectivity index (χ1v) is 3.66. The van der Waals surface area contributed by atoms with Crippen LogP contribution in [-0.4, -0.2) is 28.7 Å². The third kappa shape index (κ3) is 4.68. The van der Waals surface area contributed by atoms with Gasteiger partial charge in [0.25, 0.3) is 0 Å². The van der Waals surface area contributed by atoms with Gasteiger partial charge in [-0.15, -0.1) is 0 Å². The lowest BCUT2D eigenvalue weighted by Gasteiger charge is -2.24. The summed E-state index contributed by atoms with van der Waals surface area (Å²) >= 11 is 0. The van der Waals surface area contributed by atoms with Crippen LogP contribution < -0.4 is 5.32 Å². The van der Waals surface area contributed by atoms with Crippen molar-refractivity contribution in [1.82, 2.24) is 5.32 Å². The largest absolute Gasteiger partial charge is 0.481 e. The fourth-order valence-corrected chi connectivity index (χ4v) is 0.800. The highest BCUT2D eigenvalue weighted by Gasteiger charge is 2.41. The summed E-state index contributed by atoms with van der Waals surface area (Å²) in [5.41, 5.74) is -1.42. The number of alkyl halides is 3. The molecular weight excluding hydrogens is 203 g/mol. The van der Waals surface area contributed by atoms with Crippen LogP contribution in [-0.2, 0) is 9.59 Å².